The molecule has 0 N–H and O–H groups in total. The van der Waals surface area contributed by atoms with Crippen molar-refractivity contribution in [3.63, 3.8) is 0 Å². The standard InChI is InChI=1S/C33H32NOP2/c1-27(34(2)36(30-21-15-16-22-30)29-19-9-4-10-20-29)33(28-17-7-3-8-18-28)35-37(31-23-11-5-12-24-31)32-25-13-6-14-26-32/h3-27,33H,1-2H3/t27-,33-,36+/m1/s1. The van der Waals surface area contributed by atoms with E-state index in [0.717, 1.165) is 0 Å². The minimum atomic E-state index is -1.01. The van der Waals surface area contributed by atoms with Gasteiger partial charge in [0.2, 0.25) is 0 Å². The van der Waals surface area contributed by atoms with Crippen LogP contribution in [0.5, 0.6) is 0 Å². The van der Waals surface area contributed by atoms with Crippen molar-refractivity contribution >= 4 is 32.1 Å². The highest BCUT2D eigenvalue weighted by molar-refractivity contribution is 7.68. The van der Waals surface area contributed by atoms with Gasteiger partial charge in [0, 0.05) is 30.4 Å². The van der Waals surface area contributed by atoms with E-state index >= 15 is 0 Å². The molecule has 0 heterocycles. The van der Waals surface area contributed by atoms with E-state index in [-0.39, 0.29) is 12.1 Å². The van der Waals surface area contributed by atoms with Crippen molar-refractivity contribution in [1.82, 2.24) is 4.67 Å². The lowest BCUT2D eigenvalue weighted by molar-refractivity contribution is 0.154. The zero-order chi connectivity index (χ0) is 25.5. The Morgan fingerprint density at radius 1 is 0.595 bits per heavy atom. The molecule has 0 spiro atoms. The van der Waals surface area contributed by atoms with Gasteiger partial charge >= 0.3 is 0 Å². The summed E-state index contributed by atoms with van der Waals surface area (Å²) in [4.78, 5) is 0. The van der Waals surface area contributed by atoms with Gasteiger partial charge < -0.3 is 4.52 Å². The van der Waals surface area contributed by atoms with E-state index in [1.165, 1.54) is 27.1 Å². The molecule has 5 radical (unpaired) electrons. The number of nitrogens with zero attached hydrogens (tertiary/aromatic N) is 1. The zero-order valence-corrected chi connectivity index (χ0v) is 23.0. The van der Waals surface area contributed by atoms with Crippen LogP contribution in [0.1, 0.15) is 18.6 Å². The highest BCUT2D eigenvalue weighted by Crippen LogP contribution is 2.57. The Kier molecular flexibility index (Phi) is 9.19. The van der Waals surface area contributed by atoms with Crippen molar-refractivity contribution in [2.75, 3.05) is 7.05 Å². The molecule has 0 aromatic heterocycles. The summed E-state index contributed by atoms with van der Waals surface area (Å²) in [5, 5.41) is 3.79. The van der Waals surface area contributed by atoms with Crippen molar-refractivity contribution in [3.05, 3.63) is 158 Å². The summed E-state index contributed by atoms with van der Waals surface area (Å²) < 4.78 is 9.76. The smallest absolute Gasteiger partial charge is 0.103 e. The maximum atomic E-state index is 7.23. The molecule has 0 unspecified atom stereocenters. The molecule has 0 aliphatic heterocycles. The highest BCUT2D eigenvalue weighted by Gasteiger charge is 2.37. The lowest BCUT2D eigenvalue weighted by atomic mass is 10.0. The van der Waals surface area contributed by atoms with Crippen LogP contribution in [0.15, 0.2) is 121 Å². The summed E-state index contributed by atoms with van der Waals surface area (Å²) in [5.41, 5.74) is 2.56. The van der Waals surface area contributed by atoms with E-state index in [1.807, 2.05) is 0 Å². The Labute approximate surface area is 225 Å². The van der Waals surface area contributed by atoms with E-state index in [1.54, 1.807) is 0 Å². The molecule has 3 atom stereocenters. The first kappa shape index (κ1) is 26.3. The Morgan fingerprint density at radius 3 is 1.51 bits per heavy atom. The molecular formula is C33H32NOP2. The Balaban J connectivity index is 1.52. The number of rotatable bonds is 10. The zero-order valence-electron chi connectivity index (χ0n) is 21.3. The molecule has 2 nitrogen and oxygen atoms in total. The molecule has 185 valence electrons. The van der Waals surface area contributed by atoms with Crippen LogP contribution in [-0.4, -0.2) is 17.8 Å². The predicted octanol–water partition coefficient (Wildman–Crippen LogP) is 7.20. The van der Waals surface area contributed by atoms with Gasteiger partial charge in [-0.15, -0.1) is 0 Å². The summed E-state index contributed by atoms with van der Waals surface area (Å²) in [6.45, 7) is 2.31. The Hall–Kier alpha value is -2.34. The Morgan fingerprint density at radius 2 is 1.03 bits per heavy atom. The van der Waals surface area contributed by atoms with Crippen LogP contribution < -0.4 is 15.9 Å². The molecule has 1 aliphatic carbocycles. The fraction of sp³-hybridized carbons (Fsp3) is 0.121. The van der Waals surface area contributed by atoms with Crippen LogP contribution in [-0.2, 0) is 4.52 Å². The number of likely N-dealkylation sites (N-methyl/N-ethyl adjacent to an activating group) is 1. The molecule has 4 heteroatoms. The molecule has 0 bridgehead atoms. The summed E-state index contributed by atoms with van der Waals surface area (Å²) in [7, 11) is 0.534. The fourth-order valence-corrected chi connectivity index (χ4v) is 8.92. The van der Waals surface area contributed by atoms with Crippen LogP contribution in [0.25, 0.3) is 0 Å². The van der Waals surface area contributed by atoms with Gasteiger partial charge in [-0.25, -0.2) is 0 Å². The van der Waals surface area contributed by atoms with Gasteiger partial charge in [0.1, 0.15) is 6.10 Å². The van der Waals surface area contributed by atoms with Crippen LogP contribution in [0.4, 0.5) is 0 Å². The van der Waals surface area contributed by atoms with Gasteiger partial charge in [-0.1, -0.05) is 121 Å². The predicted molar refractivity (Wildman–Crippen MR) is 160 cm³/mol. The van der Waals surface area contributed by atoms with Gasteiger partial charge in [0.05, 0.1) is 8.15 Å². The lowest BCUT2D eigenvalue weighted by Gasteiger charge is -2.41. The number of hydrogen-bond donors (Lipinski definition) is 0. The van der Waals surface area contributed by atoms with Gasteiger partial charge in [0.25, 0.3) is 0 Å². The second-order valence-electron chi connectivity index (χ2n) is 9.01. The molecule has 4 aromatic rings. The molecule has 4 aromatic carbocycles. The first-order chi connectivity index (χ1) is 18.2. The number of hydrogen-bond acceptors (Lipinski definition) is 2. The molecule has 0 saturated heterocycles. The van der Waals surface area contributed by atoms with Crippen LogP contribution in [0.2, 0.25) is 0 Å². The third-order valence-electron chi connectivity index (χ3n) is 6.56. The SMILES string of the molecule is C[C@H]([C@@H](OP(c1ccccc1)c1ccccc1)c1ccccc1)N(C)[P@]([C]1[CH][CH][CH][CH]1)c1ccccc1. The van der Waals surface area contributed by atoms with Crippen LogP contribution >= 0.6 is 16.2 Å². The first-order valence-corrected chi connectivity index (χ1v) is 15.2. The third-order valence-corrected chi connectivity index (χ3v) is 11.1. The molecule has 5 rings (SSSR count). The summed E-state index contributed by atoms with van der Waals surface area (Å²) >= 11 is 0. The van der Waals surface area contributed by atoms with Gasteiger partial charge in [-0.05, 0) is 50.5 Å². The van der Waals surface area contributed by atoms with Crippen molar-refractivity contribution < 1.29 is 4.52 Å². The lowest BCUT2D eigenvalue weighted by Crippen LogP contribution is -2.36. The van der Waals surface area contributed by atoms with E-state index in [2.05, 4.69) is 166 Å². The molecule has 0 amide bonds. The molecule has 1 fully saturated rings. The fourth-order valence-electron chi connectivity index (χ4n) is 4.55. The second kappa shape index (κ2) is 12.9. The first-order valence-electron chi connectivity index (χ1n) is 12.6. The monoisotopic (exact) mass is 520 g/mol. The molecular weight excluding hydrogens is 488 g/mol. The van der Waals surface area contributed by atoms with Crippen molar-refractivity contribution in [3.8, 4) is 0 Å². The molecule has 1 saturated carbocycles. The quantitative estimate of drug-likeness (QED) is 0.205. The summed E-state index contributed by atoms with van der Waals surface area (Å²) in [5.74, 6) is 0. The van der Waals surface area contributed by atoms with Crippen LogP contribution in [0.3, 0.4) is 0 Å². The maximum absolute atomic E-state index is 7.23. The highest BCUT2D eigenvalue weighted by atomic mass is 31.1. The minimum absolute atomic E-state index is 0.110. The second-order valence-corrected chi connectivity index (χ2v) is 13.1. The Bertz CT molecular complexity index is 1160. The van der Waals surface area contributed by atoms with E-state index in [4.69, 9.17) is 4.52 Å². The maximum Gasteiger partial charge on any atom is 0.103 e. The van der Waals surface area contributed by atoms with E-state index in [0.29, 0.717) is 0 Å². The summed E-state index contributed by atoms with van der Waals surface area (Å²) in [6.07, 6.45) is 8.67. The number of benzene rings is 4. The van der Waals surface area contributed by atoms with Gasteiger partial charge in [-0.3, -0.25) is 4.67 Å². The topological polar surface area (TPSA) is 12.5 Å². The van der Waals surface area contributed by atoms with E-state index in [9.17, 15) is 0 Å². The minimum Gasteiger partial charge on any atom is -0.340 e. The van der Waals surface area contributed by atoms with Gasteiger partial charge in [-0.2, -0.15) is 0 Å². The normalized spacial score (nSPS) is 16.6. The van der Waals surface area contributed by atoms with Crippen molar-refractivity contribution in [2.45, 2.75) is 19.1 Å². The molecule has 1 aliphatic rings. The summed E-state index contributed by atoms with van der Waals surface area (Å²) in [6, 6.07) is 43.0. The third kappa shape index (κ3) is 6.39. The van der Waals surface area contributed by atoms with Gasteiger partial charge in [0.15, 0.2) is 0 Å². The van der Waals surface area contributed by atoms with Crippen molar-refractivity contribution in [1.29, 1.82) is 0 Å². The van der Waals surface area contributed by atoms with E-state index < -0.39 is 16.2 Å². The largest absolute Gasteiger partial charge is 0.340 e. The molecule has 37 heavy (non-hydrogen) atoms. The van der Waals surface area contributed by atoms with Crippen molar-refractivity contribution in [2.24, 2.45) is 0 Å². The average Bonchev–Trinajstić information content (AvgIpc) is 3.50. The average molecular weight is 521 g/mol. The van der Waals surface area contributed by atoms with Crippen LogP contribution in [0, 0.1) is 31.3 Å².